The van der Waals surface area contributed by atoms with Crippen LogP contribution in [0.25, 0.3) is 23.0 Å². The minimum Gasteiger partial charge on any atom is -0.494 e. The molecule has 7 heteroatoms. The zero-order valence-corrected chi connectivity index (χ0v) is 18.8. The molecule has 1 aliphatic heterocycles. The fraction of sp³-hybridized carbons (Fsp3) is 0.269. The molecule has 2 heterocycles. The number of nitrogens with zero attached hydrogens (tertiary/aromatic N) is 4. The van der Waals surface area contributed by atoms with Crippen molar-refractivity contribution in [2.75, 3.05) is 32.9 Å². The van der Waals surface area contributed by atoms with Crippen molar-refractivity contribution in [3.05, 3.63) is 71.4 Å². The van der Waals surface area contributed by atoms with Gasteiger partial charge in [-0.2, -0.15) is 10.4 Å². The zero-order chi connectivity index (χ0) is 23.2. The van der Waals surface area contributed by atoms with Crippen molar-refractivity contribution in [1.82, 2.24) is 14.7 Å². The number of hydrogen-bond donors (Lipinski definition) is 0. The predicted octanol–water partition coefficient (Wildman–Crippen LogP) is 4.01. The Kier molecular flexibility index (Phi) is 6.86. The third-order valence-electron chi connectivity index (χ3n) is 5.46. The molecule has 0 bridgehead atoms. The number of nitriles is 1. The van der Waals surface area contributed by atoms with Gasteiger partial charge >= 0.3 is 0 Å². The number of hydrogen-bond acceptors (Lipinski definition) is 5. The van der Waals surface area contributed by atoms with Crippen molar-refractivity contribution < 1.29 is 14.3 Å². The third kappa shape index (κ3) is 4.97. The number of ether oxygens (including phenoxy) is 2. The number of carbonyl (C=O) groups is 1. The molecule has 1 fully saturated rings. The first-order valence-corrected chi connectivity index (χ1v) is 11.0. The highest BCUT2D eigenvalue weighted by Gasteiger charge is 2.22. The minimum absolute atomic E-state index is 0.0772. The molecule has 33 heavy (non-hydrogen) atoms. The Morgan fingerprint density at radius 3 is 2.64 bits per heavy atom. The van der Waals surface area contributed by atoms with Crippen molar-refractivity contribution >= 4 is 12.0 Å². The number of carbonyl (C=O) groups excluding carboxylic acids is 1. The van der Waals surface area contributed by atoms with Gasteiger partial charge in [-0.3, -0.25) is 4.79 Å². The molecule has 4 rings (SSSR count). The molecule has 0 atom stereocenters. The first-order valence-electron chi connectivity index (χ1n) is 11.0. The number of amides is 1. The Bertz CT molecular complexity index is 1200. The van der Waals surface area contributed by atoms with E-state index < -0.39 is 0 Å². The van der Waals surface area contributed by atoms with Gasteiger partial charge in [-0.25, -0.2) is 4.68 Å². The maximum atomic E-state index is 13.0. The summed E-state index contributed by atoms with van der Waals surface area (Å²) < 4.78 is 12.8. The van der Waals surface area contributed by atoms with Crippen LogP contribution in [-0.4, -0.2) is 53.5 Å². The van der Waals surface area contributed by atoms with Crippen LogP contribution < -0.4 is 4.74 Å². The minimum atomic E-state index is -0.290. The highest BCUT2D eigenvalue weighted by molar-refractivity contribution is 6.02. The van der Waals surface area contributed by atoms with E-state index in [4.69, 9.17) is 14.6 Å². The van der Waals surface area contributed by atoms with Crippen LogP contribution in [-0.2, 0) is 9.53 Å². The summed E-state index contributed by atoms with van der Waals surface area (Å²) in [4.78, 5) is 14.6. The van der Waals surface area contributed by atoms with Gasteiger partial charge in [-0.05, 0) is 55.8 Å². The van der Waals surface area contributed by atoms with Crippen molar-refractivity contribution in [3.8, 4) is 28.8 Å². The molecule has 0 saturated carbocycles. The molecule has 0 unspecified atom stereocenters. The molecule has 7 nitrogen and oxygen atoms in total. The molecule has 0 spiro atoms. The van der Waals surface area contributed by atoms with E-state index in [2.05, 4.69) is 6.07 Å². The monoisotopic (exact) mass is 442 g/mol. The van der Waals surface area contributed by atoms with E-state index in [0.29, 0.717) is 44.2 Å². The van der Waals surface area contributed by atoms with Gasteiger partial charge in [-0.15, -0.1) is 0 Å². The van der Waals surface area contributed by atoms with Crippen LogP contribution in [0, 0.1) is 18.3 Å². The fourth-order valence-corrected chi connectivity index (χ4v) is 3.78. The summed E-state index contributed by atoms with van der Waals surface area (Å²) in [5.41, 5.74) is 4.22. The Morgan fingerprint density at radius 1 is 1.21 bits per heavy atom. The molecule has 1 amide bonds. The SMILES string of the molecule is CCOc1ccc(-c2nn(-c3ccccc3)cc2C=C(C#N)C(=O)N2CCOCC2)cc1C. The summed E-state index contributed by atoms with van der Waals surface area (Å²) >= 11 is 0. The van der Waals surface area contributed by atoms with E-state index in [1.807, 2.05) is 68.6 Å². The second-order valence-electron chi connectivity index (χ2n) is 7.70. The third-order valence-corrected chi connectivity index (χ3v) is 5.46. The highest BCUT2D eigenvalue weighted by atomic mass is 16.5. The lowest BCUT2D eigenvalue weighted by Gasteiger charge is -2.26. The van der Waals surface area contributed by atoms with Crippen LogP contribution in [0.5, 0.6) is 5.75 Å². The maximum Gasteiger partial charge on any atom is 0.264 e. The summed E-state index contributed by atoms with van der Waals surface area (Å²) in [5, 5.41) is 14.6. The number of aromatic nitrogens is 2. The van der Waals surface area contributed by atoms with Crippen LogP contribution in [0.1, 0.15) is 18.1 Å². The first kappa shape index (κ1) is 22.3. The molecular weight excluding hydrogens is 416 g/mol. The molecule has 1 aromatic heterocycles. The van der Waals surface area contributed by atoms with E-state index >= 15 is 0 Å². The quantitative estimate of drug-likeness (QED) is 0.426. The average molecular weight is 443 g/mol. The number of rotatable bonds is 6. The van der Waals surface area contributed by atoms with Crippen molar-refractivity contribution in [1.29, 1.82) is 5.26 Å². The summed E-state index contributed by atoms with van der Waals surface area (Å²) in [6, 6.07) is 17.7. The van der Waals surface area contributed by atoms with E-state index in [9.17, 15) is 10.1 Å². The molecule has 168 valence electrons. The van der Waals surface area contributed by atoms with Crippen LogP contribution in [0.2, 0.25) is 0 Å². The van der Waals surface area contributed by atoms with E-state index in [1.54, 1.807) is 15.7 Å². The maximum absolute atomic E-state index is 13.0. The summed E-state index contributed by atoms with van der Waals surface area (Å²) in [6.07, 6.45) is 3.48. The van der Waals surface area contributed by atoms with Gasteiger partial charge in [0, 0.05) is 30.4 Å². The van der Waals surface area contributed by atoms with Crippen LogP contribution >= 0.6 is 0 Å². The molecule has 1 saturated heterocycles. The van der Waals surface area contributed by atoms with Gasteiger partial charge in [0.2, 0.25) is 0 Å². The van der Waals surface area contributed by atoms with Gasteiger partial charge in [0.15, 0.2) is 0 Å². The summed E-state index contributed by atoms with van der Waals surface area (Å²) in [5.74, 6) is 0.531. The Hall–Kier alpha value is -3.89. The van der Waals surface area contributed by atoms with E-state index in [1.165, 1.54) is 0 Å². The van der Waals surface area contributed by atoms with Crippen molar-refractivity contribution in [2.24, 2.45) is 0 Å². The molecule has 0 N–H and O–H groups in total. The Labute approximate surface area is 193 Å². The number of para-hydroxylation sites is 1. The molecule has 0 aliphatic carbocycles. The van der Waals surface area contributed by atoms with Crippen molar-refractivity contribution in [3.63, 3.8) is 0 Å². The summed E-state index contributed by atoms with van der Waals surface area (Å²) in [7, 11) is 0. The molecule has 2 aromatic carbocycles. The van der Waals surface area contributed by atoms with Crippen molar-refractivity contribution in [2.45, 2.75) is 13.8 Å². The van der Waals surface area contributed by atoms with Gasteiger partial charge in [0.05, 0.1) is 25.5 Å². The fourth-order valence-electron chi connectivity index (χ4n) is 3.78. The standard InChI is InChI=1S/C26H26N4O3/c1-3-33-24-10-9-20(15-19(24)2)25-22(18-30(28-25)23-7-5-4-6-8-23)16-21(17-27)26(31)29-11-13-32-14-12-29/h4-10,15-16,18H,3,11-14H2,1-2H3. The van der Waals surface area contributed by atoms with E-state index in [-0.39, 0.29) is 11.5 Å². The van der Waals surface area contributed by atoms with Gasteiger partial charge < -0.3 is 14.4 Å². The lowest BCUT2D eigenvalue weighted by atomic mass is 10.0. The lowest BCUT2D eigenvalue weighted by molar-refractivity contribution is -0.130. The van der Waals surface area contributed by atoms with Gasteiger partial charge in [-0.1, -0.05) is 18.2 Å². The largest absolute Gasteiger partial charge is 0.494 e. The highest BCUT2D eigenvalue weighted by Crippen LogP contribution is 2.30. The van der Waals surface area contributed by atoms with Crippen LogP contribution in [0.4, 0.5) is 0 Å². The first-order chi connectivity index (χ1) is 16.1. The van der Waals surface area contributed by atoms with Gasteiger partial charge in [0.25, 0.3) is 5.91 Å². The van der Waals surface area contributed by atoms with Crippen LogP contribution in [0.15, 0.2) is 60.3 Å². The Balaban J connectivity index is 1.78. The smallest absolute Gasteiger partial charge is 0.264 e. The average Bonchev–Trinajstić information content (AvgIpc) is 3.28. The Morgan fingerprint density at radius 2 is 1.97 bits per heavy atom. The number of aryl methyl sites for hydroxylation is 1. The molecule has 3 aromatic rings. The second kappa shape index (κ2) is 10.2. The molecule has 0 radical (unpaired) electrons. The molecule has 1 aliphatic rings. The number of morpholine rings is 1. The zero-order valence-electron chi connectivity index (χ0n) is 18.8. The van der Waals surface area contributed by atoms with Crippen LogP contribution in [0.3, 0.4) is 0 Å². The topological polar surface area (TPSA) is 80.4 Å². The van der Waals surface area contributed by atoms with Gasteiger partial charge in [0.1, 0.15) is 23.1 Å². The second-order valence-corrected chi connectivity index (χ2v) is 7.70. The predicted molar refractivity (Wildman–Crippen MR) is 126 cm³/mol. The number of benzene rings is 2. The lowest BCUT2D eigenvalue weighted by Crippen LogP contribution is -2.41. The van der Waals surface area contributed by atoms with E-state index in [0.717, 1.165) is 22.6 Å². The normalized spacial score (nSPS) is 14.1. The molecular formula is C26H26N4O3. The summed E-state index contributed by atoms with van der Waals surface area (Å²) in [6.45, 7) is 6.44.